The van der Waals surface area contributed by atoms with Gasteiger partial charge < -0.3 is 15.1 Å². The Balaban J connectivity index is 1.54. The quantitative estimate of drug-likeness (QED) is 0.790. The van der Waals surface area contributed by atoms with Crippen molar-refractivity contribution < 1.29 is 0 Å². The zero-order valence-corrected chi connectivity index (χ0v) is 11.2. The molecule has 3 nitrogen and oxygen atoms in total. The minimum atomic E-state index is 0.735. The fraction of sp³-hybridized carbons (Fsp3) is 1.00. The van der Waals surface area contributed by atoms with Gasteiger partial charge in [-0.05, 0) is 57.2 Å². The van der Waals surface area contributed by atoms with Crippen LogP contribution in [0.15, 0.2) is 0 Å². The van der Waals surface area contributed by atoms with Gasteiger partial charge >= 0.3 is 0 Å². The number of hydrogen-bond donors (Lipinski definition) is 1. The molecule has 0 atom stereocenters. The summed E-state index contributed by atoms with van der Waals surface area (Å²) in [5, 5.41) is 3.46. The molecule has 0 bridgehead atoms. The Morgan fingerprint density at radius 3 is 2.29 bits per heavy atom. The van der Waals surface area contributed by atoms with Crippen LogP contribution in [0.25, 0.3) is 0 Å². The zero-order chi connectivity index (χ0) is 11.7. The summed E-state index contributed by atoms with van der Waals surface area (Å²) in [5.74, 6) is 1.02. The van der Waals surface area contributed by atoms with Gasteiger partial charge in [0.2, 0.25) is 0 Å². The van der Waals surface area contributed by atoms with Gasteiger partial charge in [0, 0.05) is 32.7 Å². The van der Waals surface area contributed by atoms with Gasteiger partial charge in [-0.15, -0.1) is 0 Å². The fourth-order valence-electron chi connectivity index (χ4n) is 3.79. The van der Waals surface area contributed by atoms with E-state index >= 15 is 0 Å². The van der Waals surface area contributed by atoms with Gasteiger partial charge in [0.1, 0.15) is 0 Å². The summed E-state index contributed by atoms with van der Waals surface area (Å²) in [6.07, 6.45) is 5.90. The Labute approximate surface area is 106 Å². The Morgan fingerprint density at radius 2 is 1.71 bits per heavy atom. The van der Waals surface area contributed by atoms with Crippen LogP contribution in [-0.2, 0) is 0 Å². The topological polar surface area (TPSA) is 18.5 Å². The SMILES string of the molecule is CN1CCC(C2(CN3CCNCC3)CC2)CC1. The van der Waals surface area contributed by atoms with Crippen molar-refractivity contribution in [3.63, 3.8) is 0 Å². The second-order valence-corrected chi connectivity index (χ2v) is 6.47. The van der Waals surface area contributed by atoms with Crippen LogP contribution in [0.4, 0.5) is 0 Å². The molecule has 3 fully saturated rings. The molecule has 0 aromatic rings. The molecule has 3 aliphatic rings. The summed E-state index contributed by atoms with van der Waals surface area (Å²) in [7, 11) is 2.27. The van der Waals surface area contributed by atoms with Crippen molar-refractivity contribution in [3.8, 4) is 0 Å². The van der Waals surface area contributed by atoms with Crippen molar-refractivity contribution in [1.29, 1.82) is 0 Å². The largest absolute Gasteiger partial charge is 0.314 e. The molecule has 0 spiro atoms. The number of hydrogen-bond acceptors (Lipinski definition) is 3. The molecule has 1 N–H and O–H groups in total. The van der Waals surface area contributed by atoms with Crippen LogP contribution in [-0.4, -0.2) is 62.7 Å². The van der Waals surface area contributed by atoms with Gasteiger partial charge in [-0.25, -0.2) is 0 Å². The first-order valence-corrected chi connectivity index (χ1v) is 7.40. The van der Waals surface area contributed by atoms with Crippen LogP contribution in [0.5, 0.6) is 0 Å². The normalized spacial score (nSPS) is 31.6. The van der Waals surface area contributed by atoms with Gasteiger partial charge in [0.05, 0.1) is 0 Å². The lowest BCUT2D eigenvalue weighted by molar-refractivity contribution is 0.110. The molecular weight excluding hydrogens is 210 g/mol. The maximum atomic E-state index is 3.46. The van der Waals surface area contributed by atoms with Crippen molar-refractivity contribution in [3.05, 3.63) is 0 Å². The second kappa shape index (κ2) is 4.87. The molecule has 2 aliphatic heterocycles. The Bertz CT molecular complexity index is 248. The van der Waals surface area contributed by atoms with E-state index in [2.05, 4.69) is 22.2 Å². The summed E-state index contributed by atoms with van der Waals surface area (Å²) in [4.78, 5) is 5.21. The van der Waals surface area contributed by atoms with Crippen molar-refractivity contribution >= 4 is 0 Å². The highest BCUT2D eigenvalue weighted by Gasteiger charge is 2.50. The predicted molar refractivity (Wildman–Crippen MR) is 71.2 cm³/mol. The number of likely N-dealkylation sites (tertiary alicyclic amines) is 1. The third-order valence-electron chi connectivity index (χ3n) is 5.22. The third-order valence-corrected chi connectivity index (χ3v) is 5.22. The van der Waals surface area contributed by atoms with E-state index in [4.69, 9.17) is 0 Å². The molecule has 98 valence electrons. The first-order valence-electron chi connectivity index (χ1n) is 7.40. The van der Waals surface area contributed by atoms with Gasteiger partial charge in [-0.3, -0.25) is 0 Å². The first-order chi connectivity index (χ1) is 8.28. The lowest BCUT2D eigenvalue weighted by atomic mass is 9.81. The molecule has 3 heteroatoms. The number of nitrogens with one attached hydrogen (secondary N) is 1. The van der Waals surface area contributed by atoms with E-state index in [0.29, 0.717) is 0 Å². The van der Waals surface area contributed by atoms with Crippen LogP contribution in [0, 0.1) is 11.3 Å². The van der Waals surface area contributed by atoms with Gasteiger partial charge in [0.25, 0.3) is 0 Å². The average molecular weight is 237 g/mol. The van der Waals surface area contributed by atoms with Crippen molar-refractivity contribution in [1.82, 2.24) is 15.1 Å². The van der Waals surface area contributed by atoms with Crippen molar-refractivity contribution in [2.45, 2.75) is 25.7 Å². The van der Waals surface area contributed by atoms with Crippen LogP contribution < -0.4 is 5.32 Å². The van der Waals surface area contributed by atoms with Crippen molar-refractivity contribution in [2.24, 2.45) is 11.3 Å². The van der Waals surface area contributed by atoms with Gasteiger partial charge in [-0.1, -0.05) is 0 Å². The fourth-order valence-corrected chi connectivity index (χ4v) is 3.79. The van der Waals surface area contributed by atoms with E-state index < -0.39 is 0 Å². The lowest BCUT2D eigenvalue weighted by Crippen LogP contribution is -2.47. The van der Waals surface area contributed by atoms with Gasteiger partial charge in [-0.2, -0.15) is 0 Å². The van der Waals surface area contributed by atoms with Crippen molar-refractivity contribution in [2.75, 3.05) is 52.9 Å². The summed E-state index contributed by atoms with van der Waals surface area (Å²) in [5.41, 5.74) is 0.735. The van der Waals surface area contributed by atoms with Crippen LogP contribution in [0.2, 0.25) is 0 Å². The number of piperazine rings is 1. The van der Waals surface area contributed by atoms with E-state index in [-0.39, 0.29) is 0 Å². The standard InChI is InChI=1S/C14H27N3/c1-16-8-2-13(3-9-16)14(4-5-14)12-17-10-6-15-7-11-17/h13,15H,2-12H2,1H3. The molecular formula is C14H27N3. The molecule has 1 saturated carbocycles. The molecule has 3 rings (SSSR count). The average Bonchev–Trinajstić information content (AvgIpc) is 3.12. The maximum Gasteiger partial charge on any atom is 0.0108 e. The molecule has 0 aromatic heterocycles. The number of nitrogens with zero attached hydrogens (tertiary/aromatic N) is 2. The molecule has 0 radical (unpaired) electrons. The highest BCUT2D eigenvalue weighted by molar-refractivity contribution is 5.02. The monoisotopic (exact) mass is 237 g/mol. The third kappa shape index (κ3) is 2.67. The molecule has 0 unspecified atom stereocenters. The van der Waals surface area contributed by atoms with Gasteiger partial charge in [0.15, 0.2) is 0 Å². The lowest BCUT2D eigenvalue weighted by Gasteiger charge is -2.38. The number of piperidine rings is 1. The van der Waals surface area contributed by atoms with Crippen LogP contribution >= 0.6 is 0 Å². The van der Waals surface area contributed by atoms with E-state index in [1.54, 1.807) is 0 Å². The highest BCUT2D eigenvalue weighted by Crippen LogP contribution is 2.55. The molecule has 1 aliphatic carbocycles. The van der Waals surface area contributed by atoms with E-state index in [9.17, 15) is 0 Å². The molecule has 2 heterocycles. The Kier molecular flexibility index (Phi) is 3.42. The smallest absolute Gasteiger partial charge is 0.0108 e. The van der Waals surface area contributed by atoms with Crippen LogP contribution in [0.3, 0.4) is 0 Å². The second-order valence-electron chi connectivity index (χ2n) is 6.47. The molecule has 0 amide bonds. The number of rotatable bonds is 3. The van der Waals surface area contributed by atoms with E-state index in [1.165, 1.54) is 71.5 Å². The molecule has 0 aromatic carbocycles. The zero-order valence-electron chi connectivity index (χ0n) is 11.2. The predicted octanol–water partition coefficient (Wildman–Crippen LogP) is 1.01. The van der Waals surface area contributed by atoms with Crippen LogP contribution in [0.1, 0.15) is 25.7 Å². The minimum absolute atomic E-state index is 0.735. The summed E-state index contributed by atoms with van der Waals surface area (Å²) in [6.45, 7) is 8.99. The highest BCUT2D eigenvalue weighted by atomic mass is 15.2. The molecule has 17 heavy (non-hydrogen) atoms. The summed E-state index contributed by atoms with van der Waals surface area (Å²) >= 11 is 0. The maximum absolute atomic E-state index is 3.46. The summed E-state index contributed by atoms with van der Waals surface area (Å²) in [6, 6.07) is 0. The van der Waals surface area contributed by atoms with E-state index in [0.717, 1.165) is 11.3 Å². The minimum Gasteiger partial charge on any atom is -0.314 e. The van der Waals surface area contributed by atoms with E-state index in [1.807, 2.05) is 0 Å². The Morgan fingerprint density at radius 1 is 1.06 bits per heavy atom. The Hall–Kier alpha value is -0.120. The first kappa shape index (κ1) is 11.9. The molecule has 2 saturated heterocycles. The summed E-state index contributed by atoms with van der Waals surface area (Å²) < 4.78 is 0.